The molecular formula is C14H14O3. The molecule has 0 saturated carbocycles. The van der Waals surface area contributed by atoms with E-state index in [1.807, 2.05) is 30.3 Å². The van der Waals surface area contributed by atoms with Crippen LogP contribution in [0.4, 0.5) is 0 Å². The molecule has 0 aliphatic heterocycles. The maximum atomic E-state index is 11.3. The number of aliphatic hydroxyl groups excluding tert-OH is 1. The molecule has 2 rings (SSSR count). The van der Waals surface area contributed by atoms with Crippen molar-refractivity contribution in [2.75, 3.05) is 0 Å². The van der Waals surface area contributed by atoms with Gasteiger partial charge in [-0.1, -0.05) is 30.3 Å². The first kappa shape index (κ1) is 11.6. The minimum absolute atomic E-state index is 0.0576. The fraction of sp³-hybridized carbons (Fsp3) is 0.214. The summed E-state index contributed by atoms with van der Waals surface area (Å²) in [5.41, 5.74) is 1.27. The molecular weight excluding hydrogens is 216 g/mol. The van der Waals surface area contributed by atoms with E-state index in [9.17, 15) is 9.90 Å². The lowest BCUT2D eigenvalue weighted by molar-refractivity contribution is 0.101. The number of aryl methyl sites for hydroxylation is 1. The summed E-state index contributed by atoms with van der Waals surface area (Å²) in [5.74, 6) is 0.888. The number of Topliss-reactive ketones (excluding diaryl/α,β-unsaturated/α-hetero) is 1. The Balaban J connectivity index is 2.35. The van der Waals surface area contributed by atoms with Gasteiger partial charge in [0.1, 0.15) is 17.6 Å². The first-order valence-corrected chi connectivity index (χ1v) is 5.44. The van der Waals surface area contributed by atoms with Gasteiger partial charge in [0.05, 0.1) is 5.56 Å². The van der Waals surface area contributed by atoms with Crippen molar-refractivity contribution >= 4 is 5.78 Å². The van der Waals surface area contributed by atoms with Crippen LogP contribution in [0.15, 0.2) is 40.8 Å². The van der Waals surface area contributed by atoms with E-state index in [-0.39, 0.29) is 5.78 Å². The van der Waals surface area contributed by atoms with Crippen LogP contribution in [0.2, 0.25) is 0 Å². The van der Waals surface area contributed by atoms with Gasteiger partial charge in [0, 0.05) is 0 Å². The number of hydrogen-bond acceptors (Lipinski definition) is 3. The van der Waals surface area contributed by atoms with E-state index in [4.69, 9.17) is 4.42 Å². The van der Waals surface area contributed by atoms with Crippen LogP contribution in [0.1, 0.15) is 40.5 Å². The van der Waals surface area contributed by atoms with Crippen molar-refractivity contribution in [3.63, 3.8) is 0 Å². The van der Waals surface area contributed by atoms with Crippen LogP contribution in [-0.4, -0.2) is 10.9 Å². The van der Waals surface area contributed by atoms with Gasteiger partial charge in [0.2, 0.25) is 0 Å². The highest BCUT2D eigenvalue weighted by molar-refractivity contribution is 5.95. The predicted molar refractivity (Wildman–Crippen MR) is 64.0 cm³/mol. The number of rotatable bonds is 3. The zero-order chi connectivity index (χ0) is 12.4. The Kier molecular flexibility index (Phi) is 3.11. The summed E-state index contributed by atoms with van der Waals surface area (Å²) >= 11 is 0. The number of carbonyl (C=O) groups excluding carboxylic acids is 1. The van der Waals surface area contributed by atoms with E-state index in [0.717, 1.165) is 5.56 Å². The molecule has 1 heterocycles. The lowest BCUT2D eigenvalue weighted by Gasteiger charge is -2.06. The summed E-state index contributed by atoms with van der Waals surface area (Å²) in [6.45, 7) is 3.20. The predicted octanol–water partition coefficient (Wildman–Crippen LogP) is 2.87. The molecule has 0 spiro atoms. The molecule has 1 atom stereocenters. The molecule has 3 heteroatoms. The van der Waals surface area contributed by atoms with Gasteiger partial charge < -0.3 is 9.52 Å². The van der Waals surface area contributed by atoms with E-state index in [1.54, 1.807) is 13.0 Å². The van der Waals surface area contributed by atoms with Crippen molar-refractivity contribution in [1.29, 1.82) is 0 Å². The van der Waals surface area contributed by atoms with Gasteiger partial charge >= 0.3 is 0 Å². The lowest BCUT2D eigenvalue weighted by Crippen LogP contribution is -1.97. The smallest absolute Gasteiger partial charge is 0.163 e. The fourth-order valence-corrected chi connectivity index (χ4v) is 1.79. The highest BCUT2D eigenvalue weighted by Gasteiger charge is 2.18. The van der Waals surface area contributed by atoms with Crippen molar-refractivity contribution in [2.45, 2.75) is 20.0 Å². The van der Waals surface area contributed by atoms with Gasteiger partial charge in [-0.2, -0.15) is 0 Å². The van der Waals surface area contributed by atoms with Crippen LogP contribution >= 0.6 is 0 Å². The van der Waals surface area contributed by atoms with Crippen LogP contribution in [-0.2, 0) is 0 Å². The average Bonchev–Trinajstić information content (AvgIpc) is 2.71. The molecule has 0 aliphatic carbocycles. The Morgan fingerprint density at radius 1 is 1.29 bits per heavy atom. The summed E-state index contributed by atoms with van der Waals surface area (Å²) in [4.78, 5) is 11.3. The fourth-order valence-electron chi connectivity index (χ4n) is 1.79. The molecule has 0 bridgehead atoms. The summed E-state index contributed by atoms with van der Waals surface area (Å²) in [5, 5.41) is 10.1. The number of ketones is 1. The molecule has 0 unspecified atom stereocenters. The molecule has 0 saturated heterocycles. The molecule has 3 nitrogen and oxygen atoms in total. The quantitative estimate of drug-likeness (QED) is 0.825. The van der Waals surface area contributed by atoms with Crippen LogP contribution in [0, 0.1) is 6.92 Å². The monoisotopic (exact) mass is 230 g/mol. The zero-order valence-electron chi connectivity index (χ0n) is 9.81. The van der Waals surface area contributed by atoms with Gasteiger partial charge in [-0.3, -0.25) is 4.79 Å². The van der Waals surface area contributed by atoms with Gasteiger partial charge in [0.25, 0.3) is 0 Å². The molecule has 1 aromatic heterocycles. The van der Waals surface area contributed by atoms with Crippen molar-refractivity contribution in [3.8, 4) is 0 Å². The van der Waals surface area contributed by atoms with Crippen molar-refractivity contribution in [1.82, 2.24) is 0 Å². The molecule has 0 amide bonds. The Hall–Kier alpha value is -1.87. The van der Waals surface area contributed by atoms with Crippen LogP contribution in [0.3, 0.4) is 0 Å². The summed E-state index contributed by atoms with van der Waals surface area (Å²) in [6.07, 6.45) is -0.831. The topological polar surface area (TPSA) is 50.4 Å². The van der Waals surface area contributed by atoms with Crippen LogP contribution in [0.5, 0.6) is 0 Å². The number of furan rings is 1. The van der Waals surface area contributed by atoms with Gasteiger partial charge in [-0.25, -0.2) is 0 Å². The molecule has 1 N–H and O–H groups in total. The second kappa shape index (κ2) is 4.55. The van der Waals surface area contributed by atoms with Crippen molar-refractivity contribution < 1.29 is 14.3 Å². The molecule has 2 aromatic rings. The van der Waals surface area contributed by atoms with E-state index >= 15 is 0 Å². The molecule has 0 radical (unpaired) electrons. The van der Waals surface area contributed by atoms with E-state index in [1.165, 1.54) is 6.92 Å². The van der Waals surface area contributed by atoms with Crippen molar-refractivity contribution in [3.05, 3.63) is 59.0 Å². The third-order valence-electron chi connectivity index (χ3n) is 2.70. The van der Waals surface area contributed by atoms with Crippen molar-refractivity contribution in [2.24, 2.45) is 0 Å². The Morgan fingerprint density at radius 3 is 2.47 bits per heavy atom. The minimum Gasteiger partial charge on any atom is -0.462 e. The standard InChI is InChI=1S/C14H14O3/c1-9(15)12-8-13(17-10(12)2)14(16)11-6-4-3-5-7-11/h3-8,14,16H,1-2H3/t14-/m0/s1. The van der Waals surface area contributed by atoms with Gasteiger partial charge in [-0.05, 0) is 25.5 Å². The van der Waals surface area contributed by atoms with Crippen LogP contribution in [0.25, 0.3) is 0 Å². The lowest BCUT2D eigenvalue weighted by atomic mass is 10.1. The zero-order valence-corrected chi connectivity index (χ0v) is 9.81. The largest absolute Gasteiger partial charge is 0.462 e. The Bertz CT molecular complexity index is 526. The number of hydrogen-bond donors (Lipinski definition) is 1. The van der Waals surface area contributed by atoms with Gasteiger partial charge in [-0.15, -0.1) is 0 Å². The molecule has 0 aliphatic rings. The molecule has 1 aromatic carbocycles. The Morgan fingerprint density at radius 2 is 1.94 bits per heavy atom. The number of aliphatic hydroxyl groups is 1. The average molecular weight is 230 g/mol. The highest BCUT2D eigenvalue weighted by atomic mass is 16.4. The molecule has 0 fully saturated rings. The maximum absolute atomic E-state index is 11.3. The number of benzene rings is 1. The first-order valence-electron chi connectivity index (χ1n) is 5.44. The third kappa shape index (κ3) is 2.29. The second-order valence-electron chi connectivity index (χ2n) is 3.99. The van der Waals surface area contributed by atoms with Gasteiger partial charge in [0.15, 0.2) is 5.78 Å². The molecule has 88 valence electrons. The maximum Gasteiger partial charge on any atom is 0.163 e. The number of carbonyl (C=O) groups is 1. The van der Waals surface area contributed by atoms with E-state index < -0.39 is 6.10 Å². The summed E-state index contributed by atoms with van der Waals surface area (Å²) in [7, 11) is 0. The summed E-state index contributed by atoms with van der Waals surface area (Å²) in [6, 6.07) is 10.8. The van der Waals surface area contributed by atoms with Crippen LogP contribution < -0.4 is 0 Å². The third-order valence-corrected chi connectivity index (χ3v) is 2.70. The minimum atomic E-state index is -0.831. The Labute approximate surface area is 99.7 Å². The molecule has 17 heavy (non-hydrogen) atoms. The summed E-state index contributed by atoms with van der Waals surface area (Å²) < 4.78 is 5.42. The first-order chi connectivity index (χ1) is 8.09. The SMILES string of the molecule is CC(=O)c1cc([C@@H](O)c2ccccc2)oc1C. The highest BCUT2D eigenvalue weighted by Crippen LogP contribution is 2.26. The second-order valence-corrected chi connectivity index (χ2v) is 3.99. The van der Waals surface area contributed by atoms with E-state index in [0.29, 0.717) is 17.1 Å². The normalized spacial score (nSPS) is 12.4. The van der Waals surface area contributed by atoms with E-state index in [2.05, 4.69) is 0 Å².